The first-order valence-corrected chi connectivity index (χ1v) is 15.5. The molecule has 222 valence electrons. The largest absolute Gasteiger partial charge is 0.370 e. The van der Waals surface area contributed by atoms with E-state index in [4.69, 9.17) is 9.47 Å². The maximum absolute atomic E-state index is 12.5. The average molecular weight is 563 g/mol. The van der Waals surface area contributed by atoms with Crippen molar-refractivity contribution in [1.29, 1.82) is 5.26 Å². The Kier molecular flexibility index (Phi) is 8.51. The number of rotatable bonds is 6. The Morgan fingerprint density at radius 2 is 2.12 bits per heavy atom. The van der Waals surface area contributed by atoms with Crippen LogP contribution in [0.4, 0.5) is 0 Å². The van der Waals surface area contributed by atoms with Gasteiger partial charge in [-0.2, -0.15) is 5.26 Å². The first kappa shape index (κ1) is 28.8. The van der Waals surface area contributed by atoms with Crippen LogP contribution in [0, 0.1) is 24.2 Å². The summed E-state index contributed by atoms with van der Waals surface area (Å²) in [4.78, 5) is 19.2. The van der Waals surface area contributed by atoms with E-state index in [1.807, 2.05) is 4.90 Å². The highest BCUT2D eigenvalue weighted by molar-refractivity contribution is 5.87. The lowest BCUT2D eigenvalue weighted by atomic mass is 9.69. The molecule has 4 heterocycles. The summed E-state index contributed by atoms with van der Waals surface area (Å²) in [6.07, 6.45) is 7.89. The van der Waals surface area contributed by atoms with Crippen LogP contribution >= 0.6 is 0 Å². The average Bonchev–Trinajstić information content (AvgIpc) is 3.39. The van der Waals surface area contributed by atoms with E-state index >= 15 is 0 Å². The second-order valence-corrected chi connectivity index (χ2v) is 12.9. The van der Waals surface area contributed by atoms with Gasteiger partial charge in [-0.1, -0.05) is 30.3 Å². The molecule has 0 aromatic heterocycles. The number of aryl methyl sites for hydroxylation is 1. The molecule has 1 amide bonds. The molecule has 9 nitrogen and oxygen atoms in total. The van der Waals surface area contributed by atoms with Gasteiger partial charge < -0.3 is 19.3 Å². The Balaban J connectivity index is 1.21. The number of fused-ring (bicyclic) bond motifs is 2. The van der Waals surface area contributed by atoms with Crippen LogP contribution in [-0.4, -0.2) is 96.7 Å². The van der Waals surface area contributed by atoms with Gasteiger partial charge >= 0.3 is 0 Å². The van der Waals surface area contributed by atoms with Crippen LogP contribution in [0.15, 0.2) is 30.9 Å². The topological polar surface area (TPSA) is 93.1 Å². The Morgan fingerprint density at radius 1 is 1.24 bits per heavy atom. The summed E-state index contributed by atoms with van der Waals surface area (Å²) < 4.78 is 13.2. The Bertz CT molecular complexity index is 1170. The van der Waals surface area contributed by atoms with E-state index in [9.17, 15) is 10.1 Å². The SMILES string of the molecule is C=CC(=O)N1CCN(C2NC(OCC3CCCN3C)NC3C[C@@]4(CCC32)Cc2cc(C)ccc2CO4)CC1CC#N. The van der Waals surface area contributed by atoms with E-state index in [1.165, 1.54) is 35.6 Å². The number of piperazine rings is 1. The van der Waals surface area contributed by atoms with Gasteiger partial charge in [0.05, 0.1) is 43.5 Å². The fourth-order valence-corrected chi connectivity index (χ4v) is 8.04. The van der Waals surface area contributed by atoms with E-state index in [0.29, 0.717) is 44.7 Å². The molecule has 1 aromatic carbocycles. The molecule has 1 saturated carbocycles. The standard InChI is InChI=1S/C32H46N6O3/c1-4-29(39)38-15-14-37(19-25(38)10-12-33)30-27-9-11-32(17-24-16-22(2)7-8-23(24)20-41-32)18-28(27)34-31(35-30)40-21-26-6-5-13-36(26)3/h4,7-8,16,25-28,30-31,34-35H,1,5-6,9-11,13-15,17-21H2,2-3H3/t25?,26?,27?,28?,30?,31?,32-/m1/s1. The summed E-state index contributed by atoms with van der Waals surface area (Å²) in [5.41, 5.74) is 3.89. The van der Waals surface area contributed by atoms with Gasteiger partial charge in [0.1, 0.15) is 0 Å². The molecule has 41 heavy (non-hydrogen) atoms. The lowest BCUT2D eigenvalue weighted by Crippen LogP contribution is -2.73. The number of hydrogen-bond acceptors (Lipinski definition) is 8. The molecule has 2 N–H and O–H groups in total. The Labute approximate surface area is 244 Å². The summed E-state index contributed by atoms with van der Waals surface area (Å²) >= 11 is 0. The predicted octanol–water partition coefficient (Wildman–Crippen LogP) is 2.50. The van der Waals surface area contributed by atoms with Gasteiger partial charge in [-0.05, 0) is 69.8 Å². The van der Waals surface area contributed by atoms with Crippen molar-refractivity contribution in [2.75, 3.05) is 39.8 Å². The van der Waals surface area contributed by atoms with Crippen molar-refractivity contribution in [3.8, 4) is 6.07 Å². The van der Waals surface area contributed by atoms with Gasteiger partial charge in [0.2, 0.25) is 5.91 Å². The molecule has 7 atom stereocenters. The molecular formula is C32H46N6O3. The van der Waals surface area contributed by atoms with Gasteiger partial charge in [-0.3, -0.25) is 20.3 Å². The van der Waals surface area contributed by atoms with E-state index in [0.717, 1.165) is 38.8 Å². The molecule has 4 aliphatic heterocycles. The zero-order valence-corrected chi connectivity index (χ0v) is 24.7. The molecule has 4 fully saturated rings. The lowest BCUT2D eigenvalue weighted by Gasteiger charge is -2.56. The number of likely N-dealkylation sites (N-methyl/N-ethyl adjacent to an activating group) is 1. The molecule has 1 spiro atoms. The molecule has 1 aliphatic carbocycles. The van der Waals surface area contributed by atoms with Crippen molar-refractivity contribution in [3.63, 3.8) is 0 Å². The molecule has 1 aromatic rings. The monoisotopic (exact) mass is 562 g/mol. The number of nitrogens with zero attached hydrogens (tertiary/aromatic N) is 4. The number of amides is 1. The summed E-state index contributed by atoms with van der Waals surface area (Å²) in [7, 11) is 2.19. The Hall–Kier alpha value is -2.32. The minimum absolute atomic E-state index is 0.0903. The zero-order chi connectivity index (χ0) is 28.6. The number of hydrogen-bond donors (Lipinski definition) is 2. The number of carbonyl (C=O) groups excluding carboxylic acids is 1. The Morgan fingerprint density at radius 3 is 2.90 bits per heavy atom. The van der Waals surface area contributed by atoms with Crippen LogP contribution in [-0.2, 0) is 27.3 Å². The van der Waals surface area contributed by atoms with E-state index in [-0.39, 0.29) is 36.1 Å². The molecule has 3 saturated heterocycles. The third-order valence-electron chi connectivity index (χ3n) is 10.4. The predicted molar refractivity (Wildman–Crippen MR) is 156 cm³/mol. The van der Waals surface area contributed by atoms with Crippen LogP contribution in [0.5, 0.6) is 0 Å². The maximum Gasteiger partial charge on any atom is 0.246 e. The van der Waals surface area contributed by atoms with Gasteiger partial charge in [0.15, 0.2) is 6.35 Å². The summed E-state index contributed by atoms with van der Waals surface area (Å²) in [5.74, 6) is 0.286. The quantitative estimate of drug-likeness (QED) is 0.511. The highest BCUT2D eigenvalue weighted by Crippen LogP contribution is 2.44. The zero-order valence-electron chi connectivity index (χ0n) is 24.7. The van der Waals surface area contributed by atoms with Gasteiger partial charge in [0.25, 0.3) is 0 Å². The molecule has 6 rings (SSSR count). The van der Waals surface area contributed by atoms with E-state index < -0.39 is 0 Å². The van der Waals surface area contributed by atoms with Crippen molar-refractivity contribution in [2.45, 2.75) is 94.7 Å². The summed E-state index contributed by atoms with van der Waals surface area (Å²) in [6.45, 7) is 10.4. The highest BCUT2D eigenvalue weighted by atomic mass is 16.5. The van der Waals surface area contributed by atoms with Crippen LogP contribution < -0.4 is 10.6 Å². The van der Waals surface area contributed by atoms with Crippen LogP contribution in [0.2, 0.25) is 0 Å². The van der Waals surface area contributed by atoms with Crippen molar-refractivity contribution in [3.05, 3.63) is 47.5 Å². The van der Waals surface area contributed by atoms with E-state index in [1.54, 1.807) is 0 Å². The second-order valence-electron chi connectivity index (χ2n) is 12.9. The van der Waals surface area contributed by atoms with Gasteiger partial charge in [0, 0.05) is 44.1 Å². The lowest BCUT2D eigenvalue weighted by molar-refractivity contribution is -0.153. The second kappa shape index (κ2) is 12.1. The molecular weight excluding hydrogens is 516 g/mol. The van der Waals surface area contributed by atoms with Crippen molar-refractivity contribution < 1.29 is 14.3 Å². The van der Waals surface area contributed by atoms with Crippen molar-refractivity contribution in [1.82, 2.24) is 25.3 Å². The minimum Gasteiger partial charge on any atom is -0.370 e. The van der Waals surface area contributed by atoms with Crippen LogP contribution in [0.25, 0.3) is 0 Å². The molecule has 0 bridgehead atoms. The van der Waals surface area contributed by atoms with E-state index in [2.05, 4.69) is 65.3 Å². The number of carbonyl (C=O) groups is 1. The highest BCUT2D eigenvalue weighted by Gasteiger charge is 2.50. The molecule has 6 unspecified atom stereocenters. The van der Waals surface area contributed by atoms with Crippen LogP contribution in [0.1, 0.15) is 55.2 Å². The van der Waals surface area contributed by atoms with Gasteiger partial charge in [-0.15, -0.1) is 0 Å². The summed E-state index contributed by atoms with van der Waals surface area (Å²) in [5, 5.41) is 17.2. The van der Waals surface area contributed by atoms with Crippen LogP contribution in [0.3, 0.4) is 0 Å². The number of nitrogens with one attached hydrogen (secondary N) is 2. The fraction of sp³-hybridized carbons (Fsp3) is 0.688. The smallest absolute Gasteiger partial charge is 0.246 e. The number of benzene rings is 1. The maximum atomic E-state index is 12.5. The molecule has 9 heteroatoms. The molecule has 5 aliphatic rings. The fourth-order valence-electron chi connectivity index (χ4n) is 8.04. The first-order valence-electron chi connectivity index (χ1n) is 15.5. The summed E-state index contributed by atoms with van der Waals surface area (Å²) in [6, 6.07) is 9.60. The molecule has 0 radical (unpaired) electrons. The minimum atomic E-state index is -0.259. The number of ether oxygens (including phenoxy) is 2. The van der Waals surface area contributed by atoms with Gasteiger partial charge in [-0.25, -0.2) is 0 Å². The number of nitriles is 1. The van der Waals surface area contributed by atoms with Crippen molar-refractivity contribution in [2.24, 2.45) is 5.92 Å². The third-order valence-corrected chi connectivity index (χ3v) is 10.4. The number of likely N-dealkylation sites (tertiary alicyclic amines) is 1. The van der Waals surface area contributed by atoms with Crippen molar-refractivity contribution >= 4 is 5.91 Å². The first-order chi connectivity index (χ1) is 19.9. The third kappa shape index (κ3) is 5.96. The normalized spacial score (nSPS) is 36.0.